The molecule has 1 aliphatic rings. The van der Waals surface area contributed by atoms with Crippen LogP contribution in [0.25, 0.3) is 0 Å². The summed E-state index contributed by atoms with van der Waals surface area (Å²) in [6.07, 6.45) is 3.33. The predicted molar refractivity (Wildman–Crippen MR) is 72.0 cm³/mol. The minimum absolute atomic E-state index is 0.0933. The molecule has 4 N–H and O–H groups in total. The highest BCUT2D eigenvalue weighted by atomic mass is 16.2. The van der Waals surface area contributed by atoms with Gasteiger partial charge in [0.05, 0.1) is 0 Å². The lowest BCUT2D eigenvalue weighted by Crippen LogP contribution is -2.44. The summed E-state index contributed by atoms with van der Waals surface area (Å²) in [5.74, 6) is 0.437. The smallest absolute Gasteiger partial charge is 0.315 e. The van der Waals surface area contributed by atoms with Crippen LogP contribution in [0.5, 0.6) is 0 Å². The van der Waals surface area contributed by atoms with Gasteiger partial charge in [0, 0.05) is 12.6 Å². The summed E-state index contributed by atoms with van der Waals surface area (Å²) in [5, 5.41) is 5.90. The van der Waals surface area contributed by atoms with Gasteiger partial charge in [-0.25, -0.2) is 4.79 Å². The minimum Gasteiger partial charge on any atom is -0.335 e. The van der Waals surface area contributed by atoms with E-state index >= 15 is 0 Å². The highest BCUT2D eigenvalue weighted by Gasteiger charge is 2.27. The second-order valence-electron chi connectivity index (χ2n) is 4.85. The number of hydrogen-bond donors (Lipinski definition) is 3. The Labute approximate surface area is 108 Å². The first-order valence-electron chi connectivity index (χ1n) is 6.58. The third kappa shape index (κ3) is 3.47. The van der Waals surface area contributed by atoms with Crippen LogP contribution in [0.2, 0.25) is 0 Å². The van der Waals surface area contributed by atoms with E-state index in [0.717, 1.165) is 24.8 Å². The van der Waals surface area contributed by atoms with Crippen LogP contribution in [0, 0.1) is 5.92 Å². The van der Waals surface area contributed by atoms with Crippen molar-refractivity contribution in [3.63, 3.8) is 0 Å². The van der Waals surface area contributed by atoms with Crippen LogP contribution in [0.4, 0.5) is 4.79 Å². The van der Waals surface area contributed by atoms with Gasteiger partial charge in [-0.05, 0) is 30.9 Å². The maximum Gasteiger partial charge on any atom is 0.315 e. The van der Waals surface area contributed by atoms with Gasteiger partial charge in [0.1, 0.15) is 0 Å². The van der Waals surface area contributed by atoms with Crippen LogP contribution in [-0.4, -0.2) is 18.6 Å². The molecule has 4 nitrogen and oxygen atoms in total. The molecular formula is C14H21N3O. The molecule has 1 aliphatic carbocycles. The number of benzene rings is 1. The number of nitrogens with one attached hydrogen (secondary N) is 2. The van der Waals surface area contributed by atoms with E-state index in [-0.39, 0.29) is 12.1 Å². The fourth-order valence-corrected chi connectivity index (χ4v) is 2.51. The number of urea groups is 1. The molecule has 0 spiro atoms. The van der Waals surface area contributed by atoms with Crippen molar-refractivity contribution < 1.29 is 4.79 Å². The molecule has 1 aromatic carbocycles. The fraction of sp³-hybridized carbons (Fsp3) is 0.500. The first-order valence-corrected chi connectivity index (χ1v) is 6.58. The number of carbonyl (C=O) groups is 1. The Bertz CT molecular complexity index is 380. The van der Waals surface area contributed by atoms with Crippen LogP contribution in [0.1, 0.15) is 24.8 Å². The molecule has 18 heavy (non-hydrogen) atoms. The van der Waals surface area contributed by atoms with E-state index in [0.29, 0.717) is 19.0 Å². The second-order valence-corrected chi connectivity index (χ2v) is 4.85. The van der Waals surface area contributed by atoms with Gasteiger partial charge in [0.2, 0.25) is 0 Å². The molecule has 2 unspecified atom stereocenters. The van der Waals surface area contributed by atoms with Crippen LogP contribution in [-0.2, 0) is 6.54 Å². The van der Waals surface area contributed by atoms with Crippen molar-refractivity contribution >= 4 is 6.03 Å². The normalized spacial score (nSPS) is 22.7. The maximum atomic E-state index is 11.8. The van der Waals surface area contributed by atoms with Crippen molar-refractivity contribution in [3.05, 3.63) is 35.9 Å². The molecule has 0 saturated heterocycles. The van der Waals surface area contributed by atoms with Gasteiger partial charge < -0.3 is 16.4 Å². The Morgan fingerprint density at radius 2 is 2.06 bits per heavy atom. The van der Waals surface area contributed by atoms with E-state index in [1.807, 2.05) is 30.3 Å². The van der Waals surface area contributed by atoms with Gasteiger partial charge in [-0.1, -0.05) is 36.8 Å². The quantitative estimate of drug-likeness (QED) is 0.756. The standard InChI is InChI=1S/C14H21N3O/c15-9-12-7-4-8-13(12)17-14(18)16-10-11-5-2-1-3-6-11/h1-3,5-6,12-13H,4,7-10,15H2,(H2,16,17,18). The van der Waals surface area contributed by atoms with E-state index in [1.165, 1.54) is 0 Å². The molecule has 98 valence electrons. The molecule has 1 aromatic rings. The van der Waals surface area contributed by atoms with Crippen molar-refractivity contribution in [3.8, 4) is 0 Å². The molecule has 0 bridgehead atoms. The van der Waals surface area contributed by atoms with Crippen LogP contribution in [0.15, 0.2) is 30.3 Å². The Morgan fingerprint density at radius 1 is 1.28 bits per heavy atom. The second kappa shape index (κ2) is 6.40. The summed E-state index contributed by atoms with van der Waals surface area (Å²) in [7, 11) is 0. The average Bonchev–Trinajstić information content (AvgIpc) is 2.85. The van der Waals surface area contributed by atoms with Crippen molar-refractivity contribution in [2.75, 3.05) is 6.54 Å². The molecule has 2 rings (SSSR count). The van der Waals surface area contributed by atoms with Crippen molar-refractivity contribution in [2.24, 2.45) is 11.7 Å². The summed E-state index contributed by atoms with van der Waals surface area (Å²) < 4.78 is 0. The Morgan fingerprint density at radius 3 is 2.78 bits per heavy atom. The predicted octanol–water partition coefficient (Wildman–Crippen LogP) is 1.61. The van der Waals surface area contributed by atoms with Gasteiger partial charge in [-0.2, -0.15) is 0 Å². The van der Waals surface area contributed by atoms with Gasteiger partial charge in [-0.15, -0.1) is 0 Å². The van der Waals surface area contributed by atoms with E-state index < -0.39 is 0 Å². The third-order valence-electron chi connectivity index (χ3n) is 3.57. The largest absolute Gasteiger partial charge is 0.335 e. The van der Waals surface area contributed by atoms with E-state index in [1.54, 1.807) is 0 Å². The number of amides is 2. The zero-order valence-corrected chi connectivity index (χ0v) is 10.6. The Hall–Kier alpha value is -1.55. The first-order chi connectivity index (χ1) is 8.79. The molecule has 0 aliphatic heterocycles. The minimum atomic E-state index is -0.0933. The highest BCUT2D eigenvalue weighted by molar-refractivity contribution is 5.74. The maximum absolute atomic E-state index is 11.8. The summed E-state index contributed by atoms with van der Waals surface area (Å²) in [5.41, 5.74) is 6.80. The molecule has 0 heterocycles. The van der Waals surface area contributed by atoms with Gasteiger partial charge in [-0.3, -0.25) is 0 Å². The number of hydrogen-bond acceptors (Lipinski definition) is 2. The van der Waals surface area contributed by atoms with E-state index in [2.05, 4.69) is 10.6 Å². The molecule has 0 aromatic heterocycles. The van der Waals surface area contributed by atoms with Crippen LogP contribution >= 0.6 is 0 Å². The lowest BCUT2D eigenvalue weighted by Gasteiger charge is -2.19. The van der Waals surface area contributed by atoms with E-state index in [4.69, 9.17) is 5.73 Å². The Kier molecular flexibility index (Phi) is 4.59. The summed E-state index contributed by atoms with van der Waals surface area (Å²) in [4.78, 5) is 11.8. The zero-order chi connectivity index (χ0) is 12.8. The van der Waals surface area contributed by atoms with E-state index in [9.17, 15) is 4.79 Å². The number of nitrogens with two attached hydrogens (primary N) is 1. The number of carbonyl (C=O) groups excluding carboxylic acids is 1. The zero-order valence-electron chi connectivity index (χ0n) is 10.6. The molecular weight excluding hydrogens is 226 g/mol. The Balaban J connectivity index is 1.75. The lowest BCUT2D eigenvalue weighted by molar-refractivity contribution is 0.233. The van der Waals surface area contributed by atoms with Crippen LogP contribution in [0.3, 0.4) is 0 Å². The SMILES string of the molecule is NCC1CCCC1NC(=O)NCc1ccccc1. The number of rotatable bonds is 4. The van der Waals surface area contributed by atoms with Crippen molar-refractivity contribution in [1.29, 1.82) is 0 Å². The summed E-state index contributed by atoms with van der Waals surface area (Å²) in [6.45, 7) is 1.22. The highest BCUT2D eigenvalue weighted by Crippen LogP contribution is 2.24. The van der Waals surface area contributed by atoms with Crippen molar-refractivity contribution in [1.82, 2.24) is 10.6 Å². The monoisotopic (exact) mass is 247 g/mol. The molecule has 0 radical (unpaired) electrons. The van der Waals surface area contributed by atoms with Gasteiger partial charge in [0.25, 0.3) is 0 Å². The topological polar surface area (TPSA) is 67.1 Å². The summed E-state index contributed by atoms with van der Waals surface area (Å²) in [6, 6.07) is 10.0. The fourth-order valence-electron chi connectivity index (χ4n) is 2.51. The molecule has 1 saturated carbocycles. The third-order valence-corrected chi connectivity index (χ3v) is 3.57. The first kappa shape index (κ1) is 12.9. The lowest BCUT2D eigenvalue weighted by atomic mass is 10.0. The molecule has 2 atom stereocenters. The van der Waals surface area contributed by atoms with Gasteiger partial charge in [0.15, 0.2) is 0 Å². The molecule has 4 heteroatoms. The molecule has 1 fully saturated rings. The summed E-state index contributed by atoms with van der Waals surface area (Å²) >= 11 is 0. The van der Waals surface area contributed by atoms with Gasteiger partial charge >= 0.3 is 6.03 Å². The molecule has 2 amide bonds. The van der Waals surface area contributed by atoms with Crippen molar-refractivity contribution in [2.45, 2.75) is 31.8 Å². The van der Waals surface area contributed by atoms with Crippen LogP contribution < -0.4 is 16.4 Å². The average molecular weight is 247 g/mol.